The first kappa shape index (κ1) is 75.7. The van der Waals surface area contributed by atoms with Crippen LogP contribution in [-0.4, -0.2) is 70.0 Å². The van der Waals surface area contributed by atoms with Gasteiger partial charge in [0.05, 0.1) is 27.7 Å². The van der Waals surface area contributed by atoms with E-state index in [1.54, 1.807) is 0 Å². The summed E-state index contributed by atoms with van der Waals surface area (Å²) in [6.45, 7) is 4.17. The maximum absolute atomic E-state index is 12.8. The van der Waals surface area contributed by atoms with Crippen molar-refractivity contribution in [1.29, 1.82) is 0 Å². The lowest BCUT2D eigenvalue weighted by atomic mass is 10.0. The second-order valence-electron chi connectivity index (χ2n) is 23.5. The number of hydrogen-bond donors (Lipinski definition) is 0. The van der Waals surface area contributed by atoms with Gasteiger partial charge in [0.15, 0.2) is 6.10 Å². The van der Waals surface area contributed by atoms with Gasteiger partial charge in [-0.3, -0.25) is 14.2 Å². The second-order valence-corrected chi connectivity index (χ2v) is 24.9. The van der Waals surface area contributed by atoms with Crippen molar-refractivity contribution in [2.75, 3.05) is 47.5 Å². The van der Waals surface area contributed by atoms with Crippen LogP contribution >= 0.6 is 7.82 Å². The number of quaternary nitrogens is 1. The van der Waals surface area contributed by atoms with Crippen LogP contribution in [0.5, 0.6) is 0 Å². The summed E-state index contributed by atoms with van der Waals surface area (Å²) in [6.07, 6.45) is 77.2. The van der Waals surface area contributed by atoms with Crippen molar-refractivity contribution >= 4 is 19.8 Å². The average molecular weight is 1120 g/mol. The largest absolute Gasteiger partial charge is 0.756 e. The van der Waals surface area contributed by atoms with Crippen molar-refractivity contribution in [2.45, 2.75) is 315 Å². The molecule has 0 rings (SSSR count). The summed E-state index contributed by atoms with van der Waals surface area (Å²) in [5.74, 6) is -0.820. The van der Waals surface area contributed by atoms with Gasteiger partial charge in [-0.05, 0) is 77.0 Å². The van der Waals surface area contributed by atoms with Crippen LogP contribution in [0.25, 0.3) is 0 Å². The first-order valence-corrected chi connectivity index (χ1v) is 34.5. The third kappa shape index (κ3) is 62.9. The Balaban J connectivity index is 4.04. The smallest absolute Gasteiger partial charge is 0.306 e. The Bertz CT molecular complexity index is 1500. The van der Waals surface area contributed by atoms with E-state index >= 15 is 0 Å². The van der Waals surface area contributed by atoms with Crippen LogP contribution in [0.3, 0.4) is 0 Å². The highest BCUT2D eigenvalue weighted by molar-refractivity contribution is 7.45. The van der Waals surface area contributed by atoms with Crippen LogP contribution < -0.4 is 4.89 Å². The molecule has 0 amide bonds. The minimum Gasteiger partial charge on any atom is -0.756 e. The Morgan fingerprint density at radius 1 is 0.410 bits per heavy atom. The molecule has 0 bridgehead atoms. The molecule has 0 aliphatic heterocycles. The topological polar surface area (TPSA) is 111 Å². The number of phosphoric ester groups is 1. The van der Waals surface area contributed by atoms with Crippen molar-refractivity contribution in [2.24, 2.45) is 0 Å². The van der Waals surface area contributed by atoms with Crippen LogP contribution in [0, 0.1) is 0 Å². The van der Waals surface area contributed by atoms with E-state index in [1.807, 2.05) is 21.1 Å². The number of ether oxygens (including phenoxy) is 2. The average Bonchev–Trinajstić information content (AvgIpc) is 3.40. The summed E-state index contributed by atoms with van der Waals surface area (Å²) in [5, 5.41) is 0. The van der Waals surface area contributed by atoms with Gasteiger partial charge in [0.25, 0.3) is 7.82 Å². The van der Waals surface area contributed by atoms with Gasteiger partial charge in [0, 0.05) is 12.8 Å². The zero-order valence-electron chi connectivity index (χ0n) is 51.9. The molecule has 0 aliphatic rings. The molecule has 0 radical (unpaired) electrons. The van der Waals surface area contributed by atoms with Gasteiger partial charge in [-0.25, -0.2) is 0 Å². The van der Waals surface area contributed by atoms with Gasteiger partial charge in [0.2, 0.25) is 0 Å². The number of hydrogen-bond acceptors (Lipinski definition) is 8. The minimum absolute atomic E-state index is 0.0302. The predicted molar refractivity (Wildman–Crippen MR) is 333 cm³/mol. The highest BCUT2D eigenvalue weighted by Gasteiger charge is 2.22. The van der Waals surface area contributed by atoms with Gasteiger partial charge in [-0.1, -0.05) is 280 Å². The molecule has 0 aromatic rings. The van der Waals surface area contributed by atoms with Crippen molar-refractivity contribution in [3.8, 4) is 0 Å². The molecule has 0 N–H and O–H groups in total. The molecule has 2 atom stereocenters. The standard InChI is InChI=1S/C68H126NO8P/c1-6-8-10-12-14-16-18-20-22-24-26-28-30-31-32-33-34-35-36-37-39-41-43-45-47-49-51-53-55-57-59-61-68(71)77-66(65-76-78(72,73)75-63-62-69(3,4)5)64-74-67(70)60-58-56-54-52-50-48-46-44-42-40-38-29-27-25-23-21-19-17-15-13-11-9-7-2/h8,10,14,16,20,22,25-28,66H,6-7,9,11-13,15,17-19,21,23-24,29-65H2,1-5H3/b10-8-,16-14-,22-20-,27-25-,28-26-. The van der Waals surface area contributed by atoms with Crippen LogP contribution in [0.2, 0.25) is 0 Å². The lowest BCUT2D eigenvalue weighted by Gasteiger charge is -2.28. The number of carbonyl (C=O) groups excluding carboxylic acids is 2. The summed E-state index contributed by atoms with van der Waals surface area (Å²) < 4.78 is 34.3. The number of esters is 2. The quantitative estimate of drug-likeness (QED) is 0.0195. The summed E-state index contributed by atoms with van der Waals surface area (Å²) in [4.78, 5) is 38.0. The number of allylic oxidation sites excluding steroid dienone is 10. The second kappa shape index (κ2) is 59.3. The predicted octanol–water partition coefficient (Wildman–Crippen LogP) is 20.4. The summed E-state index contributed by atoms with van der Waals surface area (Å²) in [5.41, 5.74) is 0. The fourth-order valence-corrected chi connectivity index (χ4v) is 10.2. The van der Waals surface area contributed by atoms with Gasteiger partial charge < -0.3 is 27.9 Å². The number of unbranched alkanes of at least 4 members (excludes halogenated alkanes) is 37. The van der Waals surface area contributed by atoms with E-state index in [4.69, 9.17) is 18.5 Å². The van der Waals surface area contributed by atoms with Crippen molar-refractivity contribution in [1.82, 2.24) is 0 Å². The Morgan fingerprint density at radius 2 is 0.731 bits per heavy atom. The van der Waals surface area contributed by atoms with Crippen LogP contribution in [0.15, 0.2) is 60.8 Å². The molecular weight excluding hydrogens is 990 g/mol. The van der Waals surface area contributed by atoms with Crippen molar-refractivity contribution < 1.29 is 42.1 Å². The first-order valence-electron chi connectivity index (χ1n) is 33.0. The molecule has 0 heterocycles. The van der Waals surface area contributed by atoms with E-state index in [9.17, 15) is 19.0 Å². The van der Waals surface area contributed by atoms with Crippen LogP contribution in [0.1, 0.15) is 309 Å². The summed E-state index contributed by atoms with van der Waals surface area (Å²) in [7, 11) is 1.18. The zero-order chi connectivity index (χ0) is 57.0. The number of rotatable bonds is 61. The third-order valence-electron chi connectivity index (χ3n) is 14.5. The van der Waals surface area contributed by atoms with Gasteiger partial charge in [0.1, 0.15) is 19.8 Å². The molecular formula is C68H126NO8P. The highest BCUT2D eigenvalue weighted by atomic mass is 31.2. The molecule has 0 saturated heterocycles. The van der Waals surface area contributed by atoms with Gasteiger partial charge in [-0.2, -0.15) is 0 Å². The first-order chi connectivity index (χ1) is 38.0. The van der Waals surface area contributed by atoms with E-state index < -0.39 is 26.5 Å². The Labute approximate surface area is 483 Å². The highest BCUT2D eigenvalue weighted by Crippen LogP contribution is 2.38. The lowest BCUT2D eigenvalue weighted by molar-refractivity contribution is -0.870. The number of phosphoric acid groups is 1. The monoisotopic (exact) mass is 1120 g/mol. The van der Waals surface area contributed by atoms with E-state index in [0.717, 1.165) is 64.2 Å². The van der Waals surface area contributed by atoms with E-state index in [2.05, 4.69) is 74.6 Å². The van der Waals surface area contributed by atoms with E-state index in [-0.39, 0.29) is 32.0 Å². The molecule has 78 heavy (non-hydrogen) atoms. The maximum Gasteiger partial charge on any atom is 0.306 e. The summed E-state index contributed by atoms with van der Waals surface area (Å²) in [6, 6.07) is 0. The molecule has 0 aromatic heterocycles. The Kier molecular flexibility index (Phi) is 57.6. The normalized spacial score (nSPS) is 13.6. The molecule has 2 unspecified atom stereocenters. The molecule has 0 aliphatic carbocycles. The molecule has 0 spiro atoms. The number of nitrogens with zero attached hydrogens (tertiary/aromatic N) is 1. The zero-order valence-corrected chi connectivity index (χ0v) is 52.8. The van der Waals surface area contributed by atoms with Crippen molar-refractivity contribution in [3.05, 3.63) is 60.8 Å². The van der Waals surface area contributed by atoms with Crippen molar-refractivity contribution in [3.63, 3.8) is 0 Å². The molecule has 0 aromatic carbocycles. The number of likely N-dealkylation sites (N-methyl/N-ethyl adjacent to an activating group) is 1. The number of carbonyl (C=O) groups is 2. The molecule has 0 saturated carbocycles. The fourth-order valence-electron chi connectivity index (χ4n) is 9.47. The molecule has 0 fully saturated rings. The third-order valence-corrected chi connectivity index (χ3v) is 15.5. The maximum atomic E-state index is 12.8. The molecule has 9 nitrogen and oxygen atoms in total. The minimum atomic E-state index is -4.64. The SMILES string of the molecule is CC/C=C\C/C=C\C/C=C\C/C=C\CCCCCCCCCCCCCCCCCCCCC(=O)OC(COC(=O)CCCCCCCCCCCCC/C=C\CCCCCCCCCC)COP(=O)([O-])OCC[N+](C)(C)C. The van der Waals surface area contributed by atoms with Gasteiger partial charge in [-0.15, -0.1) is 0 Å². The Morgan fingerprint density at radius 3 is 1.10 bits per heavy atom. The molecule has 10 heteroatoms. The van der Waals surface area contributed by atoms with Crippen LogP contribution in [-0.2, 0) is 32.7 Å². The Hall–Kier alpha value is -2.29. The van der Waals surface area contributed by atoms with E-state index in [0.29, 0.717) is 17.4 Å². The van der Waals surface area contributed by atoms with E-state index in [1.165, 1.54) is 212 Å². The lowest BCUT2D eigenvalue weighted by Crippen LogP contribution is -2.37. The fraction of sp³-hybridized carbons (Fsp3) is 0.824. The van der Waals surface area contributed by atoms with Crippen LogP contribution in [0.4, 0.5) is 0 Å². The summed E-state index contributed by atoms with van der Waals surface area (Å²) >= 11 is 0. The molecule has 456 valence electrons. The van der Waals surface area contributed by atoms with Gasteiger partial charge >= 0.3 is 11.9 Å².